The summed E-state index contributed by atoms with van der Waals surface area (Å²) < 4.78 is 50.6. The molecule has 1 atom stereocenters. The van der Waals surface area contributed by atoms with Gasteiger partial charge in [-0.1, -0.05) is 86.7 Å². The Morgan fingerprint density at radius 3 is 1.93 bits per heavy atom. The lowest BCUT2D eigenvalue weighted by atomic mass is 10.2. The number of hydroxylamine groups is 2. The molecule has 0 spiro atoms. The number of aromatic nitrogens is 3. The van der Waals surface area contributed by atoms with E-state index in [1.165, 1.54) is 30.4 Å². The molecule has 3 amide bonds. The van der Waals surface area contributed by atoms with Crippen LogP contribution in [0.2, 0.25) is 18.1 Å². The summed E-state index contributed by atoms with van der Waals surface area (Å²) in [5.41, 5.74) is 0.317. The molecule has 6 rings (SSSR count). The largest absolute Gasteiger partial charge is 0.724 e. The maximum absolute atomic E-state index is 13.0. The summed E-state index contributed by atoms with van der Waals surface area (Å²) in [5, 5.41) is 13.0. The van der Waals surface area contributed by atoms with Crippen LogP contribution in [0, 0.1) is 0 Å². The Bertz CT molecular complexity index is 2150. The molecule has 322 valence electrons. The fraction of sp³-hybridized carbons (Fsp3) is 0.395. The Morgan fingerprint density at radius 1 is 0.933 bits per heavy atom. The van der Waals surface area contributed by atoms with Crippen LogP contribution in [-0.2, 0) is 30.4 Å². The average Bonchev–Trinajstić information content (AvgIpc) is 3.74. The molecule has 4 aromatic rings. The highest BCUT2D eigenvalue weighted by molar-refractivity contribution is 7.98. The summed E-state index contributed by atoms with van der Waals surface area (Å²) in [6.07, 6.45) is 4.89. The van der Waals surface area contributed by atoms with Crippen LogP contribution in [-0.4, -0.2) is 101 Å². The summed E-state index contributed by atoms with van der Waals surface area (Å²) in [5.74, 6) is 2.41. The Labute approximate surface area is 356 Å². The summed E-state index contributed by atoms with van der Waals surface area (Å²) >= 11 is 0. The number of allylic oxidation sites excluding steroid dienone is 1. The van der Waals surface area contributed by atoms with E-state index in [-0.39, 0.29) is 31.2 Å². The van der Waals surface area contributed by atoms with Crippen LogP contribution in [0.25, 0.3) is 5.70 Å². The zero-order valence-corrected chi connectivity index (χ0v) is 38.6. The zero-order chi connectivity index (χ0) is 43.9. The zero-order valence-electron chi connectivity index (χ0n) is 35.9. The van der Waals surface area contributed by atoms with Crippen molar-refractivity contribution in [3.8, 4) is 0 Å². The van der Waals surface area contributed by atoms with Crippen molar-refractivity contribution in [3.05, 3.63) is 121 Å². The predicted molar refractivity (Wildman–Crippen MR) is 237 cm³/mol. The number of amides is 3. The number of hydrogen-bond acceptors (Lipinski definition) is 10. The van der Waals surface area contributed by atoms with Gasteiger partial charge in [0.1, 0.15) is 40.5 Å². The SMILES string of the molecule is CC(C)(C)OC(=O)N(CCO[Si](C)(C)C(C)(C)C)Cc1cn(C2=CC3CN(C2)C(=O)N3OS(=O)(=O)[O-])nn1.CC=C[P+](c1ccccc1)(c1ccccc1)c1ccccc1. The van der Waals surface area contributed by atoms with E-state index >= 15 is 0 Å². The van der Waals surface area contributed by atoms with Crippen LogP contribution in [0.4, 0.5) is 9.59 Å². The lowest BCUT2D eigenvalue weighted by Crippen LogP contribution is -2.44. The molecule has 0 radical (unpaired) electrons. The van der Waals surface area contributed by atoms with E-state index in [0.717, 1.165) is 0 Å². The van der Waals surface area contributed by atoms with Gasteiger partial charge >= 0.3 is 12.1 Å². The predicted octanol–water partition coefficient (Wildman–Crippen LogP) is 6.90. The van der Waals surface area contributed by atoms with Crippen molar-refractivity contribution >= 4 is 59.7 Å². The second-order valence-electron chi connectivity index (χ2n) is 17.1. The van der Waals surface area contributed by atoms with Crippen molar-refractivity contribution < 1.29 is 36.0 Å². The number of nitrogens with zero attached hydrogens (tertiary/aromatic N) is 6. The summed E-state index contributed by atoms with van der Waals surface area (Å²) in [6.45, 7) is 19.2. The quantitative estimate of drug-likeness (QED) is 0.0599. The fourth-order valence-electron chi connectivity index (χ4n) is 6.53. The molecule has 0 aliphatic carbocycles. The van der Waals surface area contributed by atoms with Gasteiger partial charge in [0.25, 0.3) is 0 Å². The van der Waals surface area contributed by atoms with Crippen LogP contribution in [0.3, 0.4) is 0 Å². The molecule has 3 aromatic carbocycles. The van der Waals surface area contributed by atoms with Gasteiger partial charge in [-0.25, -0.2) is 22.7 Å². The highest BCUT2D eigenvalue weighted by Gasteiger charge is 2.44. The second-order valence-corrected chi connectivity index (χ2v) is 26.1. The molecule has 0 saturated carbocycles. The molecule has 2 aliphatic rings. The van der Waals surface area contributed by atoms with Crippen LogP contribution in [0.5, 0.6) is 0 Å². The van der Waals surface area contributed by atoms with Crippen LogP contribution < -0.4 is 15.9 Å². The average molecular weight is 877 g/mol. The Hall–Kier alpha value is -4.70. The molecule has 1 saturated heterocycles. The van der Waals surface area contributed by atoms with Crippen molar-refractivity contribution in [2.24, 2.45) is 0 Å². The fourth-order valence-corrected chi connectivity index (χ4v) is 11.7. The van der Waals surface area contributed by atoms with Crippen molar-refractivity contribution in [1.82, 2.24) is 29.9 Å². The van der Waals surface area contributed by atoms with Crippen molar-refractivity contribution in [1.29, 1.82) is 0 Å². The molecule has 2 aliphatic heterocycles. The molecule has 0 N–H and O–H groups in total. The van der Waals surface area contributed by atoms with E-state index in [9.17, 15) is 22.6 Å². The van der Waals surface area contributed by atoms with Gasteiger partial charge in [0.2, 0.25) is 10.4 Å². The highest BCUT2D eigenvalue weighted by atomic mass is 32.3. The van der Waals surface area contributed by atoms with Crippen LogP contribution >= 0.6 is 7.26 Å². The molecule has 1 aromatic heterocycles. The number of benzene rings is 3. The summed E-state index contributed by atoms with van der Waals surface area (Å²) in [7, 11) is -8.86. The first-order valence-corrected chi connectivity index (χ1v) is 25.9. The third-order valence-corrected chi connectivity index (χ3v) is 19.4. The standard InChI is InChI=1S/C22H38N6O8SSi.C21H20P/c1-21(2,3)35-20(30)25(9-10-34-38(7,8)22(4,5)6)12-16-13-27(24-23-16)17-11-18-15-26(14-17)19(29)28(18)36-37(31,32)33;1-2-18-22(19-12-6-3-7-13-19,20-14-8-4-9-15-20)21-16-10-5-11-17-21/h11,13,18H,9-10,12,14-15H2,1-8H3,(H,31,32,33);2-18H,1H3/q;+1/p-1. The topological polar surface area (TPSA) is 159 Å². The second kappa shape index (κ2) is 18.9. The minimum atomic E-state index is -5.11. The van der Waals surface area contributed by atoms with E-state index in [1.807, 2.05) is 0 Å². The smallest absolute Gasteiger partial charge is 0.410 e. The molecular formula is C43H57N6O8PSSi. The third kappa shape index (κ3) is 11.6. The maximum Gasteiger partial charge on any atom is 0.410 e. The third-order valence-electron chi connectivity index (χ3n) is 10.4. The van der Waals surface area contributed by atoms with Gasteiger partial charge in [-0.3, -0.25) is 4.90 Å². The first kappa shape index (κ1) is 46.4. The monoisotopic (exact) mass is 876 g/mol. The van der Waals surface area contributed by atoms with E-state index in [4.69, 9.17) is 9.16 Å². The maximum atomic E-state index is 13.0. The van der Waals surface area contributed by atoms with Crippen molar-refractivity contribution in [2.75, 3.05) is 26.2 Å². The molecular weight excluding hydrogens is 820 g/mol. The first-order chi connectivity index (χ1) is 28.1. The minimum absolute atomic E-state index is 0.0233. The van der Waals surface area contributed by atoms with Gasteiger partial charge in [0.05, 0.1) is 37.4 Å². The Balaban J connectivity index is 0.000000261. The molecule has 3 heterocycles. The van der Waals surface area contributed by atoms with E-state index in [1.54, 1.807) is 33.0 Å². The highest BCUT2D eigenvalue weighted by Crippen LogP contribution is 2.56. The number of fused-ring (bicyclic) bond motifs is 2. The Kier molecular flexibility index (Phi) is 14.6. The number of ether oxygens (including phenoxy) is 1. The van der Waals surface area contributed by atoms with Crippen molar-refractivity contribution in [2.45, 2.75) is 84.8 Å². The van der Waals surface area contributed by atoms with Gasteiger partial charge < -0.3 is 18.6 Å². The van der Waals surface area contributed by atoms with Gasteiger partial charge in [-0.15, -0.1) is 5.10 Å². The van der Waals surface area contributed by atoms with Crippen LogP contribution in [0.1, 0.15) is 54.2 Å². The lowest BCUT2D eigenvalue weighted by molar-refractivity contribution is -0.0195. The number of carbonyl (C=O) groups is 2. The lowest BCUT2D eigenvalue weighted by Gasteiger charge is -2.37. The normalized spacial score (nSPS) is 16.1. The molecule has 1 fully saturated rings. The molecule has 1 unspecified atom stereocenters. The van der Waals surface area contributed by atoms with E-state index < -0.39 is 49.7 Å². The van der Waals surface area contributed by atoms with Gasteiger partial charge in [0.15, 0.2) is 8.32 Å². The number of hydrogen-bond donors (Lipinski definition) is 0. The molecule has 2 bridgehead atoms. The van der Waals surface area contributed by atoms with E-state index in [0.29, 0.717) is 23.1 Å². The molecule has 60 heavy (non-hydrogen) atoms. The van der Waals surface area contributed by atoms with Crippen LogP contribution in [0.15, 0.2) is 115 Å². The summed E-state index contributed by atoms with van der Waals surface area (Å²) in [4.78, 5) is 28.2. The van der Waals surface area contributed by atoms with Gasteiger partial charge in [-0.2, -0.15) is 9.35 Å². The Morgan fingerprint density at radius 2 is 1.47 bits per heavy atom. The number of urea groups is 1. The summed E-state index contributed by atoms with van der Waals surface area (Å²) in [6, 6.07) is 31.1. The van der Waals surface area contributed by atoms with Gasteiger partial charge in [-0.05, 0) is 88.3 Å². The molecule has 17 heteroatoms. The van der Waals surface area contributed by atoms with E-state index in [2.05, 4.69) is 158 Å². The minimum Gasteiger partial charge on any atom is -0.724 e. The number of rotatable bonds is 13. The van der Waals surface area contributed by atoms with Gasteiger partial charge in [0, 0.05) is 13.1 Å². The van der Waals surface area contributed by atoms with Crippen molar-refractivity contribution in [3.63, 3.8) is 0 Å². The molecule has 14 nitrogen and oxygen atoms in total. The first-order valence-electron chi connectivity index (χ1n) is 19.8. The number of carbonyl (C=O) groups excluding carboxylic acids is 2.